The molecule has 1 unspecified atom stereocenters. The molecule has 0 saturated carbocycles. The Hall–Kier alpha value is -4.28. The van der Waals surface area contributed by atoms with Gasteiger partial charge in [-0.2, -0.15) is 0 Å². The quantitative estimate of drug-likeness (QED) is 0.341. The summed E-state index contributed by atoms with van der Waals surface area (Å²) in [6.07, 6.45) is 2.21. The summed E-state index contributed by atoms with van der Waals surface area (Å²) in [4.78, 5) is 43.1. The Morgan fingerprint density at radius 3 is 2.40 bits per heavy atom. The predicted octanol–water partition coefficient (Wildman–Crippen LogP) is 4.04. The molecule has 10 heteroatoms. The van der Waals surface area contributed by atoms with Crippen LogP contribution in [-0.2, 0) is 38.6 Å². The molecule has 0 spiro atoms. The van der Waals surface area contributed by atoms with Crippen LogP contribution in [0, 0.1) is 11.7 Å². The van der Waals surface area contributed by atoms with Crippen molar-refractivity contribution in [1.82, 2.24) is 20.9 Å². The number of aryl methyl sites for hydroxylation is 1. The first-order valence-corrected chi connectivity index (χ1v) is 16.4. The largest absolute Gasteiger partial charge is 0.492 e. The molecule has 1 aliphatic rings. The topological polar surface area (TPSA) is 109 Å². The molecule has 3 amide bonds. The molecule has 0 radical (unpaired) electrons. The van der Waals surface area contributed by atoms with E-state index in [1.54, 1.807) is 19.2 Å². The van der Waals surface area contributed by atoms with Crippen molar-refractivity contribution in [2.24, 2.45) is 5.92 Å². The molecule has 4 rings (SSSR count). The molecule has 47 heavy (non-hydrogen) atoms. The summed E-state index contributed by atoms with van der Waals surface area (Å²) in [5.74, 6) is -0.806. The smallest absolute Gasteiger partial charge is 0.245 e. The van der Waals surface area contributed by atoms with Crippen LogP contribution in [0.1, 0.15) is 43.4 Å². The number of hydrogen-bond donors (Lipinski definition) is 3. The van der Waals surface area contributed by atoms with Gasteiger partial charge in [-0.25, -0.2) is 4.39 Å². The van der Waals surface area contributed by atoms with Gasteiger partial charge in [-0.3, -0.25) is 14.4 Å². The second-order valence-electron chi connectivity index (χ2n) is 12.0. The van der Waals surface area contributed by atoms with E-state index in [0.29, 0.717) is 38.1 Å². The zero-order chi connectivity index (χ0) is 33.6. The number of para-hydroxylation sites is 1. The first-order valence-electron chi connectivity index (χ1n) is 16.4. The molecule has 3 aromatic carbocycles. The Labute approximate surface area is 277 Å². The number of nitrogens with one attached hydrogen (secondary N) is 3. The fourth-order valence-electron chi connectivity index (χ4n) is 5.54. The molecular weight excluding hydrogens is 599 g/mol. The third-order valence-electron chi connectivity index (χ3n) is 8.59. The molecular formula is C37H47FN4O5. The molecule has 0 aromatic heterocycles. The lowest BCUT2D eigenvalue weighted by Crippen LogP contribution is -2.59. The van der Waals surface area contributed by atoms with Gasteiger partial charge in [-0.1, -0.05) is 80.9 Å². The highest BCUT2D eigenvalue weighted by atomic mass is 19.1. The van der Waals surface area contributed by atoms with E-state index in [4.69, 9.17) is 9.47 Å². The van der Waals surface area contributed by atoms with Gasteiger partial charge in [0.1, 0.15) is 30.3 Å². The highest BCUT2D eigenvalue weighted by Gasteiger charge is 2.35. The average molecular weight is 647 g/mol. The third kappa shape index (κ3) is 10.6. The van der Waals surface area contributed by atoms with Crippen LogP contribution < -0.4 is 20.7 Å². The number of likely N-dealkylation sites (N-methyl/N-ethyl adjacent to an activating group) is 1. The van der Waals surface area contributed by atoms with Gasteiger partial charge in [0.15, 0.2) is 0 Å². The van der Waals surface area contributed by atoms with E-state index in [9.17, 15) is 18.8 Å². The van der Waals surface area contributed by atoms with Gasteiger partial charge in [0.25, 0.3) is 0 Å². The highest BCUT2D eigenvalue weighted by molar-refractivity contribution is 5.93. The summed E-state index contributed by atoms with van der Waals surface area (Å²) in [7, 11) is 1.59. The standard InChI is InChI=1S/C37H47FN4O5/c1-4-26(2)34-37(45)42(3)32(25-46-24-28-11-6-5-7-12-28)36(44)41-31(23-27-16-18-30(38)19-17-27)35(43)40-20-10-14-29-13-8-9-15-33(29)47-22-21-39-34/h5-9,11-13,15-19,26,31-32,34,39H,4,10,14,20-25H2,1-3H3,(H,40,43)(H,41,44)/t26-,31+,32?,34-/m0/s1. The van der Waals surface area contributed by atoms with E-state index in [1.165, 1.54) is 17.0 Å². The number of ether oxygens (including phenoxy) is 2. The van der Waals surface area contributed by atoms with Crippen LogP contribution in [0.2, 0.25) is 0 Å². The van der Waals surface area contributed by atoms with E-state index in [0.717, 1.165) is 23.3 Å². The van der Waals surface area contributed by atoms with Crippen LogP contribution in [0.25, 0.3) is 0 Å². The van der Waals surface area contributed by atoms with Crippen molar-refractivity contribution in [1.29, 1.82) is 0 Å². The monoisotopic (exact) mass is 646 g/mol. The van der Waals surface area contributed by atoms with Crippen molar-refractivity contribution in [2.45, 2.75) is 64.3 Å². The average Bonchev–Trinajstić information content (AvgIpc) is 3.08. The Bertz CT molecular complexity index is 1440. The van der Waals surface area contributed by atoms with E-state index in [1.807, 2.05) is 68.4 Å². The van der Waals surface area contributed by atoms with Crippen LogP contribution >= 0.6 is 0 Å². The summed E-state index contributed by atoms with van der Waals surface area (Å²) < 4.78 is 25.8. The number of benzene rings is 3. The van der Waals surface area contributed by atoms with Crippen LogP contribution in [0.4, 0.5) is 4.39 Å². The maximum Gasteiger partial charge on any atom is 0.245 e. The van der Waals surface area contributed by atoms with Crippen molar-refractivity contribution in [3.8, 4) is 5.75 Å². The summed E-state index contributed by atoms with van der Waals surface area (Å²) >= 11 is 0. The van der Waals surface area contributed by atoms with Gasteiger partial charge in [0.05, 0.1) is 19.3 Å². The lowest BCUT2D eigenvalue weighted by molar-refractivity contribution is -0.144. The number of fused-ring (bicyclic) bond motifs is 1. The van der Waals surface area contributed by atoms with Gasteiger partial charge >= 0.3 is 0 Å². The second-order valence-corrected chi connectivity index (χ2v) is 12.0. The van der Waals surface area contributed by atoms with Gasteiger partial charge in [0, 0.05) is 26.6 Å². The van der Waals surface area contributed by atoms with Crippen molar-refractivity contribution in [3.63, 3.8) is 0 Å². The summed E-state index contributed by atoms with van der Waals surface area (Å²) in [5.41, 5.74) is 2.63. The molecule has 0 aliphatic carbocycles. The summed E-state index contributed by atoms with van der Waals surface area (Å²) in [6.45, 7) is 5.34. The lowest BCUT2D eigenvalue weighted by Gasteiger charge is -2.33. The molecule has 0 saturated heterocycles. The van der Waals surface area contributed by atoms with Crippen LogP contribution in [0.3, 0.4) is 0 Å². The van der Waals surface area contributed by atoms with E-state index in [-0.39, 0.29) is 37.4 Å². The summed E-state index contributed by atoms with van der Waals surface area (Å²) in [5, 5.41) is 9.23. The van der Waals surface area contributed by atoms with Crippen molar-refractivity contribution < 1.29 is 28.2 Å². The molecule has 9 nitrogen and oxygen atoms in total. The minimum absolute atomic E-state index is 0.0335. The molecule has 3 aromatic rings. The van der Waals surface area contributed by atoms with Gasteiger partial charge in [0.2, 0.25) is 17.7 Å². The first kappa shape index (κ1) is 35.6. The van der Waals surface area contributed by atoms with Crippen molar-refractivity contribution >= 4 is 17.7 Å². The molecule has 1 heterocycles. The third-order valence-corrected chi connectivity index (χ3v) is 8.59. The fourth-order valence-corrected chi connectivity index (χ4v) is 5.54. The maximum atomic E-state index is 14.1. The lowest BCUT2D eigenvalue weighted by atomic mass is 9.97. The zero-order valence-corrected chi connectivity index (χ0v) is 27.5. The summed E-state index contributed by atoms with van der Waals surface area (Å²) in [6, 6.07) is 20.6. The predicted molar refractivity (Wildman–Crippen MR) is 179 cm³/mol. The number of nitrogens with zero attached hydrogens (tertiary/aromatic N) is 1. The Morgan fingerprint density at radius 2 is 1.66 bits per heavy atom. The minimum atomic E-state index is -1.02. The molecule has 0 fully saturated rings. The van der Waals surface area contributed by atoms with E-state index >= 15 is 0 Å². The maximum absolute atomic E-state index is 14.1. The highest BCUT2D eigenvalue weighted by Crippen LogP contribution is 2.20. The van der Waals surface area contributed by atoms with Crippen molar-refractivity contribution in [3.05, 3.63) is 101 Å². The van der Waals surface area contributed by atoms with Crippen LogP contribution in [0.5, 0.6) is 5.75 Å². The number of rotatable bonds is 8. The Balaban J connectivity index is 1.62. The Kier molecular flexibility index (Phi) is 13.7. The molecule has 0 bridgehead atoms. The molecule has 1 aliphatic heterocycles. The number of halogens is 1. The van der Waals surface area contributed by atoms with E-state index in [2.05, 4.69) is 16.0 Å². The van der Waals surface area contributed by atoms with Crippen molar-refractivity contribution in [2.75, 3.05) is 33.4 Å². The van der Waals surface area contributed by atoms with Crippen LogP contribution in [0.15, 0.2) is 78.9 Å². The normalized spacial score (nSPS) is 21.0. The second kappa shape index (κ2) is 18.2. The Morgan fingerprint density at radius 1 is 0.936 bits per heavy atom. The molecule has 3 N–H and O–H groups in total. The first-order chi connectivity index (χ1) is 22.8. The number of carbonyl (C=O) groups excluding carboxylic acids is 3. The minimum Gasteiger partial charge on any atom is -0.492 e. The number of carbonyl (C=O) groups is 3. The number of amides is 3. The van der Waals surface area contributed by atoms with Crippen LogP contribution in [-0.4, -0.2) is 74.1 Å². The van der Waals surface area contributed by atoms with E-state index < -0.39 is 29.8 Å². The molecule has 4 atom stereocenters. The van der Waals surface area contributed by atoms with Gasteiger partial charge in [-0.05, 0) is 53.6 Å². The van der Waals surface area contributed by atoms with Gasteiger partial charge < -0.3 is 30.3 Å². The zero-order valence-electron chi connectivity index (χ0n) is 27.5. The number of hydrogen-bond acceptors (Lipinski definition) is 6. The SMILES string of the molecule is CC[C@H](C)[C@@H]1NCCOc2ccccc2CCCNC(=O)[C@@H](Cc2ccc(F)cc2)NC(=O)C(COCc2ccccc2)N(C)C1=O. The van der Waals surface area contributed by atoms with Gasteiger partial charge in [-0.15, -0.1) is 0 Å². The molecule has 252 valence electrons. The fraction of sp³-hybridized carbons (Fsp3) is 0.432.